The van der Waals surface area contributed by atoms with Gasteiger partial charge < -0.3 is 19.5 Å². The van der Waals surface area contributed by atoms with E-state index < -0.39 is 6.10 Å². The first-order valence-corrected chi connectivity index (χ1v) is 8.92. The topological polar surface area (TPSA) is 56.8 Å². The largest absolute Gasteiger partial charge is 0.489 e. The van der Waals surface area contributed by atoms with Crippen molar-refractivity contribution >= 4 is 5.91 Å². The molecule has 2 aromatic carbocycles. The van der Waals surface area contributed by atoms with Crippen LogP contribution in [0.25, 0.3) is 0 Å². The minimum absolute atomic E-state index is 0.153. The van der Waals surface area contributed by atoms with Gasteiger partial charge in [0.2, 0.25) is 5.91 Å². The van der Waals surface area contributed by atoms with Crippen LogP contribution in [0.3, 0.4) is 0 Å². The lowest BCUT2D eigenvalue weighted by atomic mass is 10.2. The van der Waals surface area contributed by atoms with E-state index in [2.05, 4.69) is 5.32 Å². The minimum atomic E-state index is -0.521. The summed E-state index contributed by atoms with van der Waals surface area (Å²) in [7, 11) is 0. The van der Waals surface area contributed by atoms with Crippen molar-refractivity contribution in [2.24, 2.45) is 0 Å². The molecule has 140 valence electrons. The van der Waals surface area contributed by atoms with Crippen LogP contribution in [0, 0.1) is 0 Å². The molecule has 1 amide bonds. The Bertz CT molecular complexity index is 660. The Morgan fingerprint density at radius 3 is 2.54 bits per heavy atom. The molecule has 5 heteroatoms. The monoisotopic (exact) mass is 357 g/mol. The molecular weight excluding hydrogens is 330 g/mol. The van der Waals surface area contributed by atoms with Crippen molar-refractivity contribution in [1.82, 2.24) is 5.32 Å². The van der Waals surface area contributed by atoms with Gasteiger partial charge >= 0.3 is 0 Å². The molecule has 0 aliphatic heterocycles. The SMILES string of the molecule is CCOCCOC(C)C(=O)NCc1ccccc1OCc1ccccc1. The Balaban J connectivity index is 1.82. The van der Waals surface area contributed by atoms with E-state index in [-0.39, 0.29) is 5.91 Å². The number of para-hydroxylation sites is 1. The van der Waals surface area contributed by atoms with Gasteiger partial charge in [0, 0.05) is 18.7 Å². The fourth-order valence-corrected chi connectivity index (χ4v) is 2.36. The molecule has 1 N–H and O–H groups in total. The molecule has 1 atom stereocenters. The third-order valence-corrected chi connectivity index (χ3v) is 3.83. The van der Waals surface area contributed by atoms with E-state index >= 15 is 0 Å². The standard InChI is InChI=1S/C21H27NO4/c1-3-24-13-14-25-17(2)21(23)22-15-19-11-7-8-12-20(19)26-16-18-9-5-4-6-10-18/h4-12,17H,3,13-16H2,1-2H3,(H,22,23). The van der Waals surface area contributed by atoms with Gasteiger partial charge in [0.15, 0.2) is 0 Å². The number of hydrogen-bond acceptors (Lipinski definition) is 4. The van der Waals surface area contributed by atoms with Crippen molar-refractivity contribution in [3.05, 3.63) is 65.7 Å². The second kappa shape index (κ2) is 11.3. The Hall–Kier alpha value is -2.37. The molecule has 0 bridgehead atoms. The average molecular weight is 357 g/mol. The molecule has 0 aromatic heterocycles. The van der Waals surface area contributed by atoms with Crippen molar-refractivity contribution in [3.8, 4) is 5.75 Å². The van der Waals surface area contributed by atoms with E-state index in [1.807, 2.05) is 61.5 Å². The summed E-state index contributed by atoms with van der Waals surface area (Å²) in [5.74, 6) is 0.612. The zero-order valence-corrected chi connectivity index (χ0v) is 15.4. The van der Waals surface area contributed by atoms with E-state index in [1.165, 1.54) is 0 Å². The highest BCUT2D eigenvalue weighted by atomic mass is 16.5. The zero-order valence-electron chi connectivity index (χ0n) is 15.4. The van der Waals surface area contributed by atoms with Crippen LogP contribution in [-0.4, -0.2) is 31.8 Å². The summed E-state index contributed by atoms with van der Waals surface area (Å²) < 4.78 is 16.6. The quantitative estimate of drug-likeness (QED) is 0.627. The highest BCUT2D eigenvalue weighted by molar-refractivity contribution is 5.80. The number of benzene rings is 2. The molecule has 0 aliphatic rings. The van der Waals surface area contributed by atoms with Crippen LogP contribution < -0.4 is 10.1 Å². The molecule has 0 aliphatic carbocycles. The van der Waals surface area contributed by atoms with Crippen molar-refractivity contribution in [1.29, 1.82) is 0 Å². The number of nitrogens with one attached hydrogen (secondary N) is 1. The van der Waals surface area contributed by atoms with Crippen LogP contribution in [0.4, 0.5) is 0 Å². The van der Waals surface area contributed by atoms with Crippen LogP contribution in [-0.2, 0) is 27.4 Å². The molecule has 26 heavy (non-hydrogen) atoms. The maximum atomic E-state index is 12.2. The molecule has 0 saturated heterocycles. The third kappa shape index (κ3) is 6.86. The van der Waals surface area contributed by atoms with Gasteiger partial charge in [0.25, 0.3) is 0 Å². The second-order valence-electron chi connectivity index (χ2n) is 5.81. The first kappa shape index (κ1) is 19.9. The predicted molar refractivity (Wildman–Crippen MR) is 101 cm³/mol. The lowest BCUT2D eigenvalue weighted by Crippen LogP contribution is -2.34. The Morgan fingerprint density at radius 2 is 1.77 bits per heavy atom. The van der Waals surface area contributed by atoms with Gasteiger partial charge in [-0.2, -0.15) is 0 Å². The number of rotatable bonds is 11. The predicted octanol–water partition coefficient (Wildman–Crippen LogP) is 3.32. The van der Waals surface area contributed by atoms with Gasteiger partial charge in [-0.05, 0) is 25.5 Å². The highest BCUT2D eigenvalue weighted by Crippen LogP contribution is 2.19. The summed E-state index contributed by atoms with van der Waals surface area (Å²) in [5.41, 5.74) is 2.03. The molecular formula is C21H27NO4. The van der Waals surface area contributed by atoms with Gasteiger partial charge in [-0.1, -0.05) is 48.5 Å². The summed E-state index contributed by atoms with van der Waals surface area (Å²) in [6.45, 7) is 6.07. The maximum Gasteiger partial charge on any atom is 0.249 e. The van der Waals surface area contributed by atoms with Crippen molar-refractivity contribution in [3.63, 3.8) is 0 Å². The van der Waals surface area contributed by atoms with Gasteiger partial charge in [-0.25, -0.2) is 0 Å². The van der Waals surface area contributed by atoms with Crippen molar-refractivity contribution < 1.29 is 19.0 Å². The molecule has 0 fully saturated rings. The summed E-state index contributed by atoms with van der Waals surface area (Å²) in [6, 6.07) is 17.7. The van der Waals surface area contributed by atoms with E-state index in [9.17, 15) is 4.79 Å². The van der Waals surface area contributed by atoms with E-state index in [4.69, 9.17) is 14.2 Å². The average Bonchev–Trinajstić information content (AvgIpc) is 2.69. The molecule has 0 spiro atoms. The van der Waals surface area contributed by atoms with Crippen LogP contribution in [0.1, 0.15) is 25.0 Å². The van der Waals surface area contributed by atoms with Crippen LogP contribution in [0.5, 0.6) is 5.75 Å². The lowest BCUT2D eigenvalue weighted by Gasteiger charge is -2.15. The van der Waals surface area contributed by atoms with E-state index in [0.717, 1.165) is 16.9 Å². The number of carbonyl (C=O) groups excluding carboxylic acids is 1. The summed E-state index contributed by atoms with van der Waals surface area (Å²) in [6.07, 6.45) is -0.521. The van der Waals surface area contributed by atoms with Crippen LogP contribution >= 0.6 is 0 Å². The Morgan fingerprint density at radius 1 is 1.04 bits per heavy atom. The van der Waals surface area contributed by atoms with Crippen LogP contribution in [0.2, 0.25) is 0 Å². The summed E-state index contributed by atoms with van der Waals surface area (Å²) in [4.78, 5) is 12.2. The van der Waals surface area contributed by atoms with Crippen molar-refractivity contribution in [2.75, 3.05) is 19.8 Å². The Labute approximate surface area is 155 Å². The number of carbonyl (C=O) groups is 1. The van der Waals surface area contributed by atoms with Gasteiger partial charge in [0.05, 0.1) is 13.2 Å². The van der Waals surface area contributed by atoms with Gasteiger partial charge in [-0.3, -0.25) is 4.79 Å². The van der Waals surface area contributed by atoms with Crippen molar-refractivity contribution in [2.45, 2.75) is 33.1 Å². The normalized spacial score (nSPS) is 11.8. The zero-order chi connectivity index (χ0) is 18.6. The fraction of sp³-hybridized carbons (Fsp3) is 0.381. The molecule has 0 radical (unpaired) electrons. The molecule has 1 unspecified atom stereocenters. The smallest absolute Gasteiger partial charge is 0.249 e. The first-order valence-electron chi connectivity index (χ1n) is 8.92. The molecule has 5 nitrogen and oxygen atoms in total. The molecule has 0 saturated carbocycles. The van der Waals surface area contributed by atoms with E-state index in [1.54, 1.807) is 6.92 Å². The molecule has 0 heterocycles. The maximum absolute atomic E-state index is 12.2. The number of ether oxygens (including phenoxy) is 3. The fourth-order valence-electron chi connectivity index (χ4n) is 2.36. The highest BCUT2D eigenvalue weighted by Gasteiger charge is 2.13. The minimum Gasteiger partial charge on any atom is -0.489 e. The number of amides is 1. The van der Waals surface area contributed by atoms with Gasteiger partial charge in [0.1, 0.15) is 18.5 Å². The molecule has 2 aromatic rings. The van der Waals surface area contributed by atoms with Crippen LogP contribution in [0.15, 0.2) is 54.6 Å². The third-order valence-electron chi connectivity index (χ3n) is 3.83. The second-order valence-corrected chi connectivity index (χ2v) is 5.81. The van der Waals surface area contributed by atoms with Gasteiger partial charge in [-0.15, -0.1) is 0 Å². The summed E-state index contributed by atoms with van der Waals surface area (Å²) >= 11 is 0. The number of hydrogen-bond donors (Lipinski definition) is 1. The lowest BCUT2D eigenvalue weighted by molar-refractivity contribution is -0.132. The van der Waals surface area contributed by atoms with E-state index in [0.29, 0.717) is 33.0 Å². The summed E-state index contributed by atoms with van der Waals surface area (Å²) in [5, 5.41) is 2.89. The Kier molecular flexibility index (Phi) is 8.66. The first-order chi connectivity index (χ1) is 12.7. The molecule has 2 rings (SSSR count).